The van der Waals surface area contributed by atoms with Gasteiger partial charge in [-0.3, -0.25) is 0 Å². The lowest BCUT2D eigenvalue weighted by Gasteiger charge is -2.34. The van der Waals surface area contributed by atoms with Crippen molar-refractivity contribution in [2.75, 3.05) is 11.4 Å². The Morgan fingerprint density at radius 1 is 1.24 bits per heavy atom. The van der Waals surface area contributed by atoms with Crippen LogP contribution >= 0.6 is 0 Å². The van der Waals surface area contributed by atoms with Crippen LogP contribution in [0.4, 0.5) is 5.82 Å². The molecule has 21 heavy (non-hydrogen) atoms. The van der Waals surface area contributed by atoms with E-state index < -0.39 is 0 Å². The van der Waals surface area contributed by atoms with E-state index in [1.54, 1.807) is 0 Å². The van der Waals surface area contributed by atoms with E-state index in [2.05, 4.69) is 50.0 Å². The van der Waals surface area contributed by atoms with Gasteiger partial charge in [-0.2, -0.15) is 0 Å². The minimum Gasteiger partial charge on any atom is -0.354 e. The molecular formula is C18H31N3. The average Bonchev–Trinajstić information content (AvgIpc) is 2.48. The third kappa shape index (κ3) is 4.44. The van der Waals surface area contributed by atoms with Gasteiger partial charge < -0.3 is 10.2 Å². The van der Waals surface area contributed by atoms with Gasteiger partial charge in [0.25, 0.3) is 0 Å². The molecule has 2 rings (SSSR count). The van der Waals surface area contributed by atoms with Crippen molar-refractivity contribution < 1.29 is 0 Å². The van der Waals surface area contributed by atoms with Gasteiger partial charge in [0.1, 0.15) is 5.82 Å². The maximum absolute atomic E-state index is 4.88. The summed E-state index contributed by atoms with van der Waals surface area (Å²) in [4.78, 5) is 7.39. The summed E-state index contributed by atoms with van der Waals surface area (Å²) in [6, 6.07) is 5.66. The highest BCUT2D eigenvalue weighted by atomic mass is 15.2. The van der Waals surface area contributed by atoms with Gasteiger partial charge >= 0.3 is 0 Å². The second-order valence-electron chi connectivity index (χ2n) is 6.53. The average molecular weight is 289 g/mol. The Labute approximate surface area is 130 Å². The quantitative estimate of drug-likeness (QED) is 0.856. The number of aryl methyl sites for hydroxylation is 1. The van der Waals surface area contributed by atoms with Crippen molar-refractivity contribution in [3.05, 3.63) is 23.4 Å². The van der Waals surface area contributed by atoms with Gasteiger partial charge in [0, 0.05) is 30.9 Å². The van der Waals surface area contributed by atoms with Gasteiger partial charge in [-0.1, -0.05) is 39.2 Å². The number of pyridine rings is 1. The molecule has 0 unspecified atom stereocenters. The maximum Gasteiger partial charge on any atom is 0.129 e. The van der Waals surface area contributed by atoms with E-state index in [1.807, 2.05) is 0 Å². The van der Waals surface area contributed by atoms with Crippen molar-refractivity contribution >= 4 is 5.82 Å². The number of hydrogen-bond acceptors (Lipinski definition) is 3. The van der Waals surface area contributed by atoms with Crippen molar-refractivity contribution in [2.45, 2.75) is 78.4 Å². The third-order valence-corrected chi connectivity index (χ3v) is 4.53. The highest BCUT2D eigenvalue weighted by Crippen LogP contribution is 2.26. The van der Waals surface area contributed by atoms with Gasteiger partial charge in [-0.15, -0.1) is 0 Å². The fourth-order valence-corrected chi connectivity index (χ4v) is 3.24. The van der Waals surface area contributed by atoms with Crippen LogP contribution in [0, 0.1) is 6.92 Å². The van der Waals surface area contributed by atoms with Gasteiger partial charge in [-0.05, 0) is 38.3 Å². The zero-order valence-electron chi connectivity index (χ0n) is 14.2. The molecule has 0 atom stereocenters. The predicted octanol–water partition coefficient (Wildman–Crippen LogP) is 4.05. The van der Waals surface area contributed by atoms with E-state index >= 15 is 0 Å². The minimum absolute atomic E-state index is 0.512. The molecule has 1 aromatic rings. The molecule has 1 aromatic heterocycles. The van der Waals surface area contributed by atoms with Gasteiger partial charge in [0.05, 0.1) is 0 Å². The summed E-state index contributed by atoms with van der Waals surface area (Å²) < 4.78 is 0. The van der Waals surface area contributed by atoms with E-state index in [1.165, 1.54) is 37.7 Å². The van der Waals surface area contributed by atoms with Crippen molar-refractivity contribution in [2.24, 2.45) is 0 Å². The van der Waals surface area contributed by atoms with Crippen LogP contribution in [0.25, 0.3) is 0 Å². The molecule has 3 heteroatoms. The number of nitrogens with zero attached hydrogens (tertiary/aromatic N) is 2. The second-order valence-corrected chi connectivity index (χ2v) is 6.53. The maximum atomic E-state index is 4.88. The topological polar surface area (TPSA) is 28.2 Å². The van der Waals surface area contributed by atoms with Crippen molar-refractivity contribution in [1.82, 2.24) is 10.3 Å². The highest BCUT2D eigenvalue weighted by molar-refractivity contribution is 5.42. The first-order chi connectivity index (χ1) is 10.1. The fourth-order valence-electron chi connectivity index (χ4n) is 3.24. The van der Waals surface area contributed by atoms with Crippen LogP contribution in [-0.4, -0.2) is 23.6 Å². The molecule has 1 N–H and O–H groups in total. The Bertz CT molecular complexity index is 436. The van der Waals surface area contributed by atoms with Crippen LogP contribution in [0.1, 0.15) is 64.1 Å². The summed E-state index contributed by atoms with van der Waals surface area (Å²) in [6.07, 6.45) is 6.80. The molecule has 118 valence electrons. The van der Waals surface area contributed by atoms with E-state index in [4.69, 9.17) is 4.98 Å². The summed E-state index contributed by atoms with van der Waals surface area (Å²) in [5.74, 6) is 1.16. The molecular weight excluding hydrogens is 258 g/mol. The molecule has 1 heterocycles. The highest BCUT2D eigenvalue weighted by Gasteiger charge is 2.21. The Hall–Kier alpha value is -1.09. The summed E-state index contributed by atoms with van der Waals surface area (Å²) in [7, 11) is 0. The zero-order chi connectivity index (χ0) is 15.2. The van der Waals surface area contributed by atoms with Crippen LogP contribution in [0.3, 0.4) is 0 Å². The molecule has 0 radical (unpaired) electrons. The Morgan fingerprint density at radius 2 is 1.95 bits per heavy atom. The standard InChI is InChI=1S/C18H31N3/c1-5-21(17-9-7-6-8-10-17)18-12-11-16(15(4)20-18)13-19-14(2)3/h11-12,14,17,19H,5-10,13H2,1-4H3. The lowest BCUT2D eigenvalue weighted by Crippen LogP contribution is -2.37. The number of nitrogens with one attached hydrogen (secondary N) is 1. The largest absolute Gasteiger partial charge is 0.354 e. The first-order valence-corrected chi connectivity index (χ1v) is 8.58. The molecule has 0 spiro atoms. The van der Waals surface area contributed by atoms with Gasteiger partial charge in [0.2, 0.25) is 0 Å². The fraction of sp³-hybridized carbons (Fsp3) is 0.722. The molecule has 0 saturated heterocycles. The van der Waals surface area contributed by atoms with Crippen LogP contribution < -0.4 is 10.2 Å². The van der Waals surface area contributed by atoms with Crippen LogP contribution in [0.2, 0.25) is 0 Å². The third-order valence-electron chi connectivity index (χ3n) is 4.53. The van der Waals surface area contributed by atoms with Gasteiger partial charge in [-0.25, -0.2) is 4.98 Å². The predicted molar refractivity (Wildman–Crippen MR) is 90.8 cm³/mol. The Balaban J connectivity index is 2.09. The Kier molecular flexibility index (Phi) is 6.04. The summed E-state index contributed by atoms with van der Waals surface area (Å²) in [6.45, 7) is 10.7. The Morgan fingerprint density at radius 3 is 2.52 bits per heavy atom. The molecule has 0 bridgehead atoms. The van der Waals surface area contributed by atoms with Crippen LogP contribution in [-0.2, 0) is 6.54 Å². The SMILES string of the molecule is CCN(c1ccc(CNC(C)C)c(C)n1)C1CCCCC1. The van der Waals surface area contributed by atoms with Crippen molar-refractivity contribution in [3.8, 4) is 0 Å². The van der Waals surface area contributed by atoms with E-state index in [9.17, 15) is 0 Å². The minimum atomic E-state index is 0.512. The van der Waals surface area contributed by atoms with Crippen LogP contribution in [0.5, 0.6) is 0 Å². The molecule has 1 saturated carbocycles. The number of hydrogen-bond donors (Lipinski definition) is 1. The molecule has 1 aliphatic rings. The molecule has 3 nitrogen and oxygen atoms in total. The summed E-state index contributed by atoms with van der Waals surface area (Å²) in [5, 5.41) is 3.48. The van der Waals surface area contributed by atoms with E-state index in [-0.39, 0.29) is 0 Å². The van der Waals surface area contributed by atoms with Crippen molar-refractivity contribution in [1.29, 1.82) is 0 Å². The smallest absolute Gasteiger partial charge is 0.129 e. The monoisotopic (exact) mass is 289 g/mol. The zero-order valence-corrected chi connectivity index (χ0v) is 14.2. The molecule has 0 amide bonds. The number of rotatable bonds is 6. The van der Waals surface area contributed by atoms with E-state index in [0.717, 1.165) is 24.6 Å². The van der Waals surface area contributed by atoms with E-state index in [0.29, 0.717) is 12.1 Å². The first-order valence-electron chi connectivity index (χ1n) is 8.58. The lowest BCUT2D eigenvalue weighted by atomic mass is 9.94. The normalized spacial score (nSPS) is 16.4. The summed E-state index contributed by atoms with van der Waals surface area (Å²) in [5.41, 5.74) is 2.47. The van der Waals surface area contributed by atoms with Crippen molar-refractivity contribution in [3.63, 3.8) is 0 Å². The molecule has 0 aliphatic heterocycles. The molecule has 1 fully saturated rings. The number of anilines is 1. The van der Waals surface area contributed by atoms with Crippen LogP contribution in [0.15, 0.2) is 12.1 Å². The summed E-state index contributed by atoms with van der Waals surface area (Å²) >= 11 is 0. The lowest BCUT2D eigenvalue weighted by molar-refractivity contribution is 0.416. The molecule has 0 aromatic carbocycles. The van der Waals surface area contributed by atoms with Gasteiger partial charge in [0.15, 0.2) is 0 Å². The first kappa shape index (κ1) is 16.3. The second kappa shape index (κ2) is 7.79. The molecule has 1 aliphatic carbocycles. The number of aromatic nitrogens is 1.